The van der Waals surface area contributed by atoms with E-state index in [1.807, 2.05) is 4.90 Å². The minimum absolute atomic E-state index is 0.0850. The zero-order valence-electron chi connectivity index (χ0n) is 17.0. The third-order valence-corrected chi connectivity index (χ3v) is 9.39. The van der Waals surface area contributed by atoms with Gasteiger partial charge in [0, 0.05) is 31.9 Å². The molecule has 4 nitrogen and oxygen atoms in total. The largest absolute Gasteiger partial charge is 0.418 e. The SMILES string of the molecule is C=C(C)C(=O)N(CCC[Si](C)(C)OCC)CCC[Si](C)(C)OCC. The van der Waals surface area contributed by atoms with Gasteiger partial charge in [-0.2, -0.15) is 0 Å². The average molecular weight is 374 g/mol. The summed E-state index contributed by atoms with van der Waals surface area (Å²) in [5.41, 5.74) is 0.623. The van der Waals surface area contributed by atoms with E-state index in [2.05, 4.69) is 46.6 Å². The third-order valence-electron chi connectivity index (χ3n) is 4.14. The number of amides is 1. The zero-order chi connectivity index (χ0) is 18.8. The van der Waals surface area contributed by atoms with Gasteiger partial charge in [-0.15, -0.1) is 0 Å². The molecule has 1 amide bonds. The summed E-state index contributed by atoms with van der Waals surface area (Å²) in [6, 6.07) is 2.17. The first-order valence-electron chi connectivity index (χ1n) is 9.27. The van der Waals surface area contributed by atoms with Crippen LogP contribution in [0.1, 0.15) is 33.6 Å². The molecule has 0 unspecified atom stereocenters. The molecule has 0 heterocycles. The lowest BCUT2D eigenvalue weighted by atomic mass is 10.2. The fraction of sp³-hybridized carbons (Fsp3) is 0.833. The van der Waals surface area contributed by atoms with E-state index in [9.17, 15) is 4.79 Å². The van der Waals surface area contributed by atoms with E-state index < -0.39 is 16.6 Å². The summed E-state index contributed by atoms with van der Waals surface area (Å²) < 4.78 is 11.8. The van der Waals surface area contributed by atoms with Crippen molar-refractivity contribution < 1.29 is 13.6 Å². The minimum Gasteiger partial charge on any atom is -0.418 e. The summed E-state index contributed by atoms with van der Waals surface area (Å²) in [7, 11) is -3.16. The molecular formula is C18H39NO3Si2. The molecule has 0 aromatic heterocycles. The van der Waals surface area contributed by atoms with E-state index in [0.29, 0.717) is 5.57 Å². The summed E-state index contributed by atoms with van der Waals surface area (Å²) in [6.45, 7) is 21.9. The third kappa shape index (κ3) is 10.4. The van der Waals surface area contributed by atoms with Crippen molar-refractivity contribution >= 4 is 22.5 Å². The maximum absolute atomic E-state index is 12.4. The van der Waals surface area contributed by atoms with E-state index >= 15 is 0 Å². The highest BCUT2D eigenvalue weighted by molar-refractivity contribution is 6.71. The van der Waals surface area contributed by atoms with Gasteiger partial charge in [-0.3, -0.25) is 4.79 Å². The van der Waals surface area contributed by atoms with Crippen LogP contribution < -0.4 is 0 Å². The Balaban J connectivity index is 4.50. The molecule has 0 N–H and O–H groups in total. The van der Waals surface area contributed by atoms with Crippen molar-refractivity contribution in [3.63, 3.8) is 0 Å². The van der Waals surface area contributed by atoms with E-state index in [-0.39, 0.29) is 5.91 Å². The molecule has 142 valence electrons. The molecule has 0 aliphatic heterocycles. The molecular weight excluding hydrogens is 334 g/mol. The lowest BCUT2D eigenvalue weighted by Crippen LogP contribution is -2.37. The molecule has 0 aliphatic rings. The number of hydrogen-bond acceptors (Lipinski definition) is 3. The Bertz CT molecular complexity index is 374. The molecule has 24 heavy (non-hydrogen) atoms. The topological polar surface area (TPSA) is 38.8 Å². The van der Waals surface area contributed by atoms with Crippen molar-refractivity contribution in [3.05, 3.63) is 12.2 Å². The first-order valence-corrected chi connectivity index (χ1v) is 15.5. The van der Waals surface area contributed by atoms with Crippen LogP contribution in [0.4, 0.5) is 0 Å². The van der Waals surface area contributed by atoms with Crippen LogP contribution in [0, 0.1) is 0 Å². The van der Waals surface area contributed by atoms with Crippen molar-refractivity contribution in [3.8, 4) is 0 Å². The second-order valence-corrected chi connectivity index (χ2v) is 16.3. The first-order chi connectivity index (χ1) is 11.0. The number of carbonyl (C=O) groups is 1. The van der Waals surface area contributed by atoms with Crippen LogP contribution in [0.15, 0.2) is 12.2 Å². The highest BCUT2D eigenvalue weighted by Gasteiger charge is 2.24. The average Bonchev–Trinajstić information content (AvgIpc) is 2.44. The smallest absolute Gasteiger partial charge is 0.248 e. The molecule has 0 aliphatic carbocycles. The van der Waals surface area contributed by atoms with Crippen molar-refractivity contribution in [1.29, 1.82) is 0 Å². The van der Waals surface area contributed by atoms with Gasteiger partial charge in [0.05, 0.1) is 0 Å². The fourth-order valence-corrected chi connectivity index (χ4v) is 6.77. The zero-order valence-corrected chi connectivity index (χ0v) is 19.0. The van der Waals surface area contributed by atoms with Crippen LogP contribution in [-0.4, -0.2) is 53.7 Å². The Morgan fingerprint density at radius 2 is 1.29 bits per heavy atom. The second kappa shape index (κ2) is 11.2. The van der Waals surface area contributed by atoms with Gasteiger partial charge in [0.15, 0.2) is 16.6 Å². The summed E-state index contributed by atoms with van der Waals surface area (Å²) in [6.07, 6.45) is 2.01. The second-order valence-electron chi connectivity index (χ2n) is 7.67. The van der Waals surface area contributed by atoms with Crippen molar-refractivity contribution in [1.82, 2.24) is 4.90 Å². The van der Waals surface area contributed by atoms with Gasteiger partial charge in [0.25, 0.3) is 0 Å². The molecule has 0 radical (unpaired) electrons. The van der Waals surface area contributed by atoms with Gasteiger partial charge < -0.3 is 13.8 Å². The van der Waals surface area contributed by atoms with Gasteiger partial charge >= 0.3 is 0 Å². The van der Waals surface area contributed by atoms with E-state index in [4.69, 9.17) is 8.85 Å². The quantitative estimate of drug-likeness (QED) is 0.348. The standard InChI is InChI=1S/C18H39NO3Si2/c1-9-21-23(5,6)15-11-13-19(18(20)17(3)4)14-12-16-24(7,8)22-10-2/h3,9-16H2,1-2,4-8H3. The van der Waals surface area contributed by atoms with Crippen LogP contribution in [0.25, 0.3) is 0 Å². The van der Waals surface area contributed by atoms with E-state index in [1.165, 1.54) is 0 Å². The number of carbonyl (C=O) groups excluding carboxylic acids is 1. The van der Waals surface area contributed by atoms with Gasteiger partial charge in [0.2, 0.25) is 5.91 Å². The Morgan fingerprint density at radius 3 is 1.58 bits per heavy atom. The number of nitrogens with zero attached hydrogens (tertiary/aromatic N) is 1. The highest BCUT2D eigenvalue weighted by atomic mass is 28.4. The lowest BCUT2D eigenvalue weighted by molar-refractivity contribution is -0.127. The van der Waals surface area contributed by atoms with Gasteiger partial charge in [-0.05, 0) is 71.9 Å². The molecule has 0 fully saturated rings. The molecule has 0 rings (SSSR count). The summed E-state index contributed by atoms with van der Waals surface area (Å²) in [5, 5.41) is 0. The molecule has 0 aromatic rings. The lowest BCUT2D eigenvalue weighted by Gasteiger charge is -2.28. The monoisotopic (exact) mass is 373 g/mol. The van der Waals surface area contributed by atoms with Crippen LogP contribution >= 0.6 is 0 Å². The summed E-state index contributed by atoms with van der Waals surface area (Å²) >= 11 is 0. The molecule has 0 saturated carbocycles. The van der Waals surface area contributed by atoms with E-state index in [0.717, 1.165) is 51.2 Å². The van der Waals surface area contributed by atoms with Crippen LogP contribution in [0.5, 0.6) is 0 Å². The number of rotatable bonds is 13. The number of hydrogen-bond donors (Lipinski definition) is 0. The normalized spacial score (nSPS) is 12.3. The van der Waals surface area contributed by atoms with Gasteiger partial charge in [-0.1, -0.05) is 6.58 Å². The molecule has 0 atom stereocenters. The Kier molecular flexibility index (Phi) is 11.0. The van der Waals surface area contributed by atoms with Crippen LogP contribution in [0.3, 0.4) is 0 Å². The molecule has 0 saturated heterocycles. The minimum atomic E-state index is -1.58. The van der Waals surface area contributed by atoms with Crippen molar-refractivity contribution in [2.45, 2.75) is 71.9 Å². The Labute approximate surface area is 151 Å². The first kappa shape index (κ1) is 23.6. The van der Waals surface area contributed by atoms with Crippen molar-refractivity contribution in [2.75, 3.05) is 26.3 Å². The predicted molar refractivity (Wildman–Crippen MR) is 108 cm³/mol. The van der Waals surface area contributed by atoms with E-state index in [1.54, 1.807) is 6.92 Å². The highest BCUT2D eigenvalue weighted by Crippen LogP contribution is 2.17. The predicted octanol–water partition coefficient (Wildman–Crippen LogP) is 4.65. The fourth-order valence-electron chi connectivity index (χ4n) is 2.90. The summed E-state index contributed by atoms with van der Waals surface area (Å²) in [4.78, 5) is 14.4. The molecule has 0 bridgehead atoms. The maximum atomic E-state index is 12.4. The van der Waals surface area contributed by atoms with Gasteiger partial charge in [0.1, 0.15) is 0 Å². The molecule has 0 spiro atoms. The van der Waals surface area contributed by atoms with Crippen LogP contribution in [0.2, 0.25) is 38.3 Å². The van der Waals surface area contributed by atoms with Crippen LogP contribution in [-0.2, 0) is 13.6 Å². The Hall–Kier alpha value is -0.436. The van der Waals surface area contributed by atoms with Gasteiger partial charge in [-0.25, -0.2) is 0 Å². The molecule has 6 heteroatoms. The Morgan fingerprint density at radius 1 is 0.917 bits per heavy atom. The molecule has 0 aromatic carbocycles. The maximum Gasteiger partial charge on any atom is 0.248 e. The summed E-state index contributed by atoms with van der Waals surface area (Å²) in [5.74, 6) is 0.0850. The van der Waals surface area contributed by atoms with Crippen molar-refractivity contribution in [2.24, 2.45) is 0 Å².